The van der Waals surface area contributed by atoms with E-state index < -0.39 is 10.8 Å². The molecule has 0 bridgehead atoms. The Hall–Kier alpha value is -3.10. The zero-order valence-electron chi connectivity index (χ0n) is 15.3. The van der Waals surface area contributed by atoms with E-state index in [1.165, 1.54) is 6.33 Å². The van der Waals surface area contributed by atoms with Gasteiger partial charge in [0.05, 0.1) is 28.9 Å². The van der Waals surface area contributed by atoms with Crippen molar-refractivity contribution < 1.29 is 8.95 Å². The molecule has 2 aromatic carbocycles. The monoisotopic (exact) mass is 393 g/mol. The molecule has 4 aromatic rings. The molecule has 0 radical (unpaired) electrons. The van der Waals surface area contributed by atoms with Gasteiger partial charge in [-0.1, -0.05) is 30.3 Å². The molecule has 0 aliphatic carbocycles. The summed E-state index contributed by atoms with van der Waals surface area (Å²) in [6.07, 6.45) is 1.46. The van der Waals surface area contributed by atoms with Gasteiger partial charge in [-0.25, -0.2) is 4.98 Å². The average molecular weight is 393 g/mol. The van der Waals surface area contributed by atoms with Gasteiger partial charge in [0.15, 0.2) is 0 Å². The van der Waals surface area contributed by atoms with Crippen molar-refractivity contribution in [2.24, 2.45) is 0 Å². The number of benzene rings is 2. The highest BCUT2D eigenvalue weighted by atomic mass is 32.2. The van der Waals surface area contributed by atoms with E-state index >= 15 is 0 Å². The van der Waals surface area contributed by atoms with Crippen molar-refractivity contribution in [2.45, 2.75) is 17.3 Å². The Labute approximate surface area is 164 Å². The van der Waals surface area contributed by atoms with Gasteiger partial charge in [0.2, 0.25) is 0 Å². The van der Waals surface area contributed by atoms with Gasteiger partial charge in [-0.2, -0.15) is 14.6 Å². The van der Waals surface area contributed by atoms with Crippen molar-refractivity contribution in [2.75, 3.05) is 12.4 Å². The second-order valence-electron chi connectivity index (χ2n) is 6.17. The molecule has 0 fully saturated rings. The first-order valence-electron chi connectivity index (χ1n) is 8.71. The van der Waals surface area contributed by atoms with Gasteiger partial charge in [0.25, 0.3) is 5.78 Å². The van der Waals surface area contributed by atoms with Gasteiger partial charge in [-0.15, -0.1) is 0 Å². The molecule has 7 nitrogen and oxygen atoms in total. The molecule has 0 aliphatic rings. The maximum absolute atomic E-state index is 12.6. The Morgan fingerprint density at radius 3 is 2.79 bits per heavy atom. The number of aromatic nitrogens is 4. The van der Waals surface area contributed by atoms with Gasteiger partial charge in [0.1, 0.15) is 12.1 Å². The van der Waals surface area contributed by atoms with Crippen LogP contribution >= 0.6 is 0 Å². The molecule has 142 valence electrons. The van der Waals surface area contributed by atoms with E-state index in [9.17, 15) is 4.21 Å². The molecule has 0 amide bonds. The number of nitrogens with zero attached hydrogens (tertiary/aromatic N) is 4. The van der Waals surface area contributed by atoms with Gasteiger partial charge in [-0.3, -0.25) is 4.21 Å². The Bertz CT molecular complexity index is 1110. The van der Waals surface area contributed by atoms with E-state index in [1.54, 1.807) is 11.6 Å². The third-order valence-electron chi connectivity index (χ3n) is 4.10. The fourth-order valence-corrected chi connectivity index (χ4v) is 3.98. The van der Waals surface area contributed by atoms with Crippen molar-refractivity contribution >= 4 is 28.1 Å². The standard InChI is InChI=1S/C20H19N5O2S/c1-27-12-17-11-19(25-20(24-17)21-14-22-25)23-16-7-5-6-15(10-16)13-28(26)18-8-3-2-4-9-18/h2-11,14,23H,12-13H2,1H3. The minimum Gasteiger partial charge on any atom is -0.378 e. The van der Waals surface area contributed by atoms with Crippen LogP contribution in [0.1, 0.15) is 11.3 Å². The molecule has 1 atom stereocenters. The Morgan fingerprint density at radius 2 is 1.96 bits per heavy atom. The molecule has 4 rings (SSSR count). The van der Waals surface area contributed by atoms with Crippen LogP contribution in [0.2, 0.25) is 0 Å². The van der Waals surface area contributed by atoms with Crippen molar-refractivity contribution in [1.29, 1.82) is 0 Å². The molecule has 0 saturated heterocycles. The highest BCUT2D eigenvalue weighted by Crippen LogP contribution is 2.21. The summed E-state index contributed by atoms with van der Waals surface area (Å²) in [6, 6.07) is 19.2. The van der Waals surface area contributed by atoms with Crippen molar-refractivity contribution in [3.05, 3.63) is 78.2 Å². The van der Waals surface area contributed by atoms with E-state index in [2.05, 4.69) is 20.4 Å². The van der Waals surface area contributed by atoms with E-state index in [0.717, 1.165) is 27.7 Å². The summed E-state index contributed by atoms with van der Waals surface area (Å²) in [5, 5.41) is 7.57. The second-order valence-corrected chi connectivity index (χ2v) is 7.62. The number of rotatable bonds is 7. The Balaban J connectivity index is 1.58. The van der Waals surface area contributed by atoms with Crippen LogP contribution in [0.5, 0.6) is 0 Å². The summed E-state index contributed by atoms with van der Waals surface area (Å²) >= 11 is 0. The topological polar surface area (TPSA) is 81.4 Å². The Kier molecular flexibility index (Phi) is 5.41. The number of ether oxygens (including phenoxy) is 1. The summed E-state index contributed by atoms with van der Waals surface area (Å²) in [4.78, 5) is 9.38. The molecule has 0 spiro atoms. The fourth-order valence-electron chi connectivity index (χ4n) is 2.87. The van der Waals surface area contributed by atoms with E-state index in [1.807, 2.05) is 60.7 Å². The minimum absolute atomic E-state index is 0.383. The minimum atomic E-state index is -1.09. The normalized spacial score (nSPS) is 12.2. The zero-order chi connectivity index (χ0) is 19.3. The number of hydrogen-bond donors (Lipinski definition) is 1. The molecule has 1 unspecified atom stereocenters. The van der Waals surface area contributed by atoms with E-state index in [0.29, 0.717) is 18.1 Å². The van der Waals surface area contributed by atoms with Gasteiger partial charge < -0.3 is 10.1 Å². The second kappa shape index (κ2) is 8.28. The summed E-state index contributed by atoms with van der Waals surface area (Å²) in [6.45, 7) is 0.383. The third kappa shape index (κ3) is 4.08. The predicted molar refractivity (Wildman–Crippen MR) is 108 cm³/mol. The molecule has 28 heavy (non-hydrogen) atoms. The summed E-state index contributed by atoms with van der Waals surface area (Å²) in [5.41, 5.74) is 2.61. The zero-order valence-corrected chi connectivity index (χ0v) is 16.1. The van der Waals surface area contributed by atoms with Gasteiger partial charge >= 0.3 is 0 Å². The third-order valence-corrected chi connectivity index (χ3v) is 5.49. The number of fused-ring (bicyclic) bond motifs is 1. The van der Waals surface area contributed by atoms with Crippen molar-refractivity contribution in [1.82, 2.24) is 19.6 Å². The number of hydrogen-bond acceptors (Lipinski definition) is 6. The SMILES string of the molecule is COCc1cc(Nc2cccc(CS(=O)c3ccccc3)c2)n2ncnc2n1. The van der Waals surface area contributed by atoms with Crippen LogP contribution in [0, 0.1) is 0 Å². The first-order chi connectivity index (χ1) is 13.7. The van der Waals surface area contributed by atoms with Crippen LogP contribution in [0.3, 0.4) is 0 Å². The van der Waals surface area contributed by atoms with Crippen LogP contribution < -0.4 is 5.32 Å². The molecule has 8 heteroatoms. The highest BCUT2D eigenvalue weighted by molar-refractivity contribution is 7.84. The first-order valence-corrected chi connectivity index (χ1v) is 10.0. The Morgan fingerprint density at radius 1 is 1.11 bits per heavy atom. The van der Waals surface area contributed by atoms with Crippen LogP contribution in [0.4, 0.5) is 11.5 Å². The lowest BCUT2D eigenvalue weighted by Gasteiger charge is -2.11. The van der Waals surface area contributed by atoms with Crippen LogP contribution in [-0.4, -0.2) is 30.9 Å². The fraction of sp³-hybridized carbons (Fsp3) is 0.150. The maximum atomic E-state index is 12.6. The lowest BCUT2D eigenvalue weighted by atomic mass is 10.2. The lowest BCUT2D eigenvalue weighted by molar-refractivity contribution is 0.181. The van der Waals surface area contributed by atoms with Crippen LogP contribution in [-0.2, 0) is 27.9 Å². The number of nitrogens with one attached hydrogen (secondary N) is 1. The van der Waals surface area contributed by atoms with Crippen LogP contribution in [0.15, 0.2) is 71.9 Å². The molecular weight excluding hydrogens is 374 g/mol. The first kappa shape index (κ1) is 18.3. The van der Waals surface area contributed by atoms with Crippen molar-refractivity contribution in [3.63, 3.8) is 0 Å². The average Bonchev–Trinajstić information content (AvgIpc) is 3.18. The lowest BCUT2D eigenvalue weighted by Crippen LogP contribution is -2.05. The molecular formula is C20H19N5O2S. The summed E-state index contributed by atoms with van der Waals surface area (Å²) in [5.74, 6) is 1.68. The predicted octanol–water partition coefficient (Wildman–Crippen LogP) is 3.32. The van der Waals surface area contributed by atoms with Crippen LogP contribution in [0.25, 0.3) is 5.78 Å². The largest absolute Gasteiger partial charge is 0.378 e. The molecule has 0 aliphatic heterocycles. The quantitative estimate of drug-likeness (QED) is 0.519. The van der Waals surface area contributed by atoms with E-state index in [4.69, 9.17) is 4.74 Å². The van der Waals surface area contributed by atoms with Gasteiger partial charge in [-0.05, 0) is 29.8 Å². The smallest absolute Gasteiger partial charge is 0.254 e. The number of anilines is 2. The molecule has 0 saturated carbocycles. The molecule has 2 heterocycles. The highest BCUT2D eigenvalue weighted by Gasteiger charge is 2.09. The molecule has 1 N–H and O–H groups in total. The maximum Gasteiger partial charge on any atom is 0.254 e. The van der Waals surface area contributed by atoms with Crippen molar-refractivity contribution in [3.8, 4) is 0 Å². The summed E-state index contributed by atoms with van der Waals surface area (Å²) in [7, 11) is 0.531. The van der Waals surface area contributed by atoms with Gasteiger partial charge in [0, 0.05) is 23.8 Å². The summed E-state index contributed by atoms with van der Waals surface area (Å²) < 4.78 is 19.4. The number of methoxy groups -OCH3 is 1. The van der Waals surface area contributed by atoms with E-state index in [-0.39, 0.29) is 0 Å². The molecule has 2 aromatic heterocycles.